The minimum Gasteiger partial charge on any atom is -0.397 e. The molecule has 4 heteroatoms. The second-order valence-corrected chi connectivity index (χ2v) is 6.24. The summed E-state index contributed by atoms with van der Waals surface area (Å²) < 4.78 is 0. The van der Waals surface area contributed by atoms with Gasteiger partial charge in [0.15, 0.2) is 0 Å². The summed E-state index contributed by atoms with van der Waals surface area (Å²) in [5.74, 6) is 1.38. The standard InChI is InChI=1S/C15H22N2OS/c1-2-9-19-12-7-8-13(16)14(10-12)17-15(18)11-5-3-4-6-11/h7-8,10-11H,2-6,9,16H2,1H3,(H,17,18). The molecule has 19 heavy (non-hydrogen) atoms. The number of nitrogens with two attached hydrogens (primary N) is 1. The number of carbonyl (C=O) groups is 1. The Morgan fingerprint density at radius 3 is 2.84 bits per heavy atom. The Balaban J connectivity index is 2.03. The lowest BCUT2D eigenvalue weighted by atomic mass is 10.1. The molecule has 0 radical (unpaired) electrons. The molecule has 3 nitrogen and oxygen atoms in total. The van der Waals surface area contributed by atoms with Crippen LogP contribution in [0.2, 0.25) is 0 Å². The van der Waals surface area contributed by atoms with Crippen molar-refractivity contribution in [2.24, 2.45) is 5.92 Å². The topological polar surface area (TPSA) is 55.1 Å². The average molecular weight is 278 g/mol. The molecule has 104 valence electrons. The number of nitrogens with one attached hydrogen (secondary N) is 1. The second-order valence-electron chi connectivity index (χ2n) is 5.07. The highest BCUT2D eigenvalue weighted by molar-refractivity contribution is 7.99. The molecule has 1 aromatic carbocycles. The molecular formula is C15H22N2OS. The van der Waals surface area contributed by atoms with E-state index in [9.17, 15) is 4.79 Å². The number of hydrogen-bond acceptors (Lipinski definition) is 3. The fourth-order valence-electron chi connectivity index (χ4n) is 2.38. The number of thioether (sulfide) groups is 1. The second kappa shape index (κ2) is 6.85. The molecule has 0 saturated heterocycles. The quantitative estimate of drug-likeness (QED) is 0.634. The summed E-state index contributed by atoms with van der Waals surface area (Å²) in [5.41, 5.74) is 7.35. The van der Waals surface area contributed by atoms with E-state index in [0.717, 1.165) is 35.6 Å². The molecule has 1 aromatic rings. The van der Waals surface area contributed by atoms with Crippen LogP contribution in [0.5, 0.6) is 0 Å². The third kappa shape index (κ3) is 3.90. The van der Waals surface area contributed by atoms with Crippen molar-refractivity contribution in [3.63, 3.8) is 0 Å². The lowest BCUT2D eigenvalue weighted by molar-refractivity contribution is -0.119. The fourth-order valence-corrected chi connectivity index (χ4v) is 3.18. The van der Waals surface area contributed by atoms with Crippen LogP contribution in [0, 0.1) is 5.92 Å². The van der Waals surface area contributed by atoms with Crippen molar-refractivity contribution >= 4 is 29.0 Å². The van der Waals surface area contributed by atoms with E-state index in [1.165, 1.54) is 12.8 Å². The number of carbonyl (C=O) groups excluding carboxylic acids is 1. The predicted octanol–water partition coefficient (Wildman–Crippen LogP) is 3.90. The molecule has 0 spiro atoms. The Morgan fingerprint density at radius 1 is 1.42 bits per heavy atom. The molecular weight excluding hydrogens is 256 g/mol. The molecule has 1 aliphatic carbocycles. The maximum Gasteiger partial charge on any atom is 0.227 e. The molecule has 0 heterocycles. The molecule has 0 unspecified atom stereocenters. The van der Waals surface area contributed by atoms with Gasteiger partial charge in [-0.3, -0.25) is 4.79 Å². The van der Waals surface area contributed by atoms with Crippen molar-refractivity contribution in [1.29, 1.82) is 0 Å². The highest BCUT2D eigenvalue weighted by Gasteiger charge is 2.23. The molecule has 3 N–H and O–H groups in total. The largest absolute Gasteiger partial charge is 0.397 e. The normalized spacial score (nSPS) is 15.6. The summed E-state index contributed by atoms with van der Waals surface area (Å²) in [6.45, 7) is 2.16. The van der Waals surface area contributed by atoms with Crippen LogP contribution in [0.4, 0.5) is 11.4 Å². The van der Waals surface area contributed by atoms with E-state index < -0.39 is 0 Å². The number of nitrogen functional groups attached to an aromatic ring is 1. The molecule has 0 atom stereocenters. The van der Waals surface area contributed by atoms with Crippen LogP contribution in [-0.4, -0.2) is 11.7 Å². The van der Waals surface area contributed by atoms with Crippen molar-refractivity contribution in [3.05, 3.63) is 18.2 Å². The Bertz CT molecular complexity index is 442. The van der Waals surface area contributed by atoms with Gasteiger partial charge in [0.1, 0.15) is 0 Å². The van der Waals surface area contributed by atoms with Crippen LogP contribution < -0.4 is 11.1 Å². The fraction of sp³-hybridized carbons (Fsp3) is 0.533. The van der Waals surface area contributed by atoms with E-state index in [1.54, 1.807) is 11.8 Å². The summed E-state index contributed by atoms with van der Waals surface area (Å²) in [7, 11) is 0. The zero-order valence-electron chi connectivity index (χ0n) is 11.4. The molecule has 1 aliphatic rings. The van der Waals surface area contributed by atoms with Crippen LogP contribution in [-0.2, 0) is 4.79 Å². The Hall–Kier alpha value is -1.16. The van der Waals surface area contributed by atoms with Crippen LogP contribution in [0.3, 0.4) is 0 Å². The third-order valence-electron chi connectivity index (χ3n) is 3.48. The van der Waals surface area contributed by atoms with Crippen molar-refractivity contribution in [2.75, 3.05) is 16.8 Å². The minimum absolute atomic E-state index is 0.127. The van der Waals surface area contributed by atoms with E-state index in [4.69, 9.17) is 5.73 Å². The van der Waals surface area contributed by atoms with E-state index in [-0.39, 0.29) is 11.8 Å². The van der Waals surface area contributed by atoms with Gasteiger partial charge in [0.2, 0.25) is 5.91 Å². The molecule has 1 fully saturated rings. The first kappa shape index (κ1) is 14.3. The number of benzene rings is 1. The number of amides is 1. The molecule has 1 amide bonds. The van der Waals surface area contributed by atoms with E-state index in [0.29, 0.717) is 5.69 Å². The first-order valence-corrected chi connectivity index (χ1v) is 8.02. The Morgan fingerprint density at radius 2 is 2.16 bits per heavy atom. The zero-order chi connectivity index (χ0) is 13.7. The van der Waals surface area contributed by atoms with Gasteiger partial charge in [-0.1, -0.05) is 19.8 Å². The summed E-state index contributed by atoms with van der Waals surface area (Å²) >= 11 is 1.80. The summed E-state index contributed by atoms with van der Waals surface area (Å²) in [5, 5.41) is 2.99. The van der Waals surface area contributed by atoms with Gasteiger partial charge in [0.05, 0.1) is 11.4 Å². The van der Waals surface area contributed by atoms with Gasteiger partial charge < -0.3 is 11.1 Å². The molecule has 0 aliphatic heterocycles. The average Bonchev–Trinajstić information content (AvgIpc) is 2.93. The van der Waals surface area contributed by atoms with Crippen molar-refractivity contribution in [3.8, 4) is 0 Å². The Kier molecular flexibility index (Phi) is 5.14. The van der Waals surface area contributed by atoms with E-state index in [1.807, 2.05) is 18.2 Å². The third-order valence-corrected chi connectivity index (χ3v) is 4.68. The minimum atomic E-state index is 0.127. The maximum atomic E-state index is 12.1. The summed E-state index contributed by atoms with van der Waals surface area (Å²) in [4.78, 5) is 13.3. The zero-order valence-corrected chi connectivity index (χ0v) is 12.3. The predicted molar refractivity (Wildman–Crippen MR) is 82.5 cm³/mol. The van der Waals surface area contributed by atoms with Crippen LogP contribution in [0.15, 0.2) is 23.1 Å². The molecule has 1 saturated carbocycles. The SMILES string of the molecule is CCCSc1ccc(N)c(NC(=O)C2CCCC2)c1. The smallest absolute Gasteiger partial charge is 0.227 e. The van der Waals surface area contributed by atoms with Gasteiger partial charge in [-0.05, 0) is 43.2 Å². The van der Waals surface area contributed by atoms with Crippen molar-refractivity contribution < 1.29 is 4.79 Å². The molecule has 2 rings (SSSR count). The van der Waals surface area contributed by atoms with Crippen molar-refractivity contribution in [2.45, 2.75) is 43.9 Å². The van der Waals surface area contributed by atoms with Gasteiger partial charge in [-0.15, -0.1) is 11.8 Å². The summed E-state index contributed by atoms with van der Waals surface area (Å²) in [6, 6.07) is 5.88. The maximum absolute atomic E-state index is 12.1. The number of rotatable bonds is 5. The molecule has 0 aromatic heterocycles. The highest BCUT2D eigenvalue weighted by Crippen LogP contribution is 2.30. The van der Waals surface area contributed by atoms with E-state index in [2.05, 4.69) is 12.2 Å². The van der Waals surface area contributed by atoms with Gasteiger partial charge in [0, 0.05) is 10.8 Å². The van der Waals surface area contributed by atoms with E-state index >= 15 is 0 Å². The van der Waals surface area contributed by atoms with Crippen molar-refractivity contribution in [1.82, 2.24) is 0 Å². The van der Waals surface area contributed by atoms with Crippen LogP contribution in [0.25, 0.3) is 0 Å². The number of hydrogen-bond donors (Lipinski definition) is 2. The van der Waals surface area contributed by atoms with Crippen LogP contribution in [0.1, 0.15) is 39.0 Å². The van der Waals surface area contributed by atoms with Gasteiger partial charge >= 0.3 is 0 Å². The Labute approximate surface area is 119 Å². The van der Waals surface area contributed by atoms with Gasteiger partial charge in [-0.2, -0.15) is 0 Å². The number of anilines is 2. The monoisotopic (exact) mass is 278 g/mol. The highest BCUT2D eigenvalue weighted by atomic mass is 32.2. The first-order valence-electron chi connectivity index (χ1n) is 7.04. The van der Waals surface area contributed by atoms with Crippen LogP contribution >= 0.6 is 11.8 Å². The van der Waals surface area contributed by atoms with Gasteiger partial charge in [0.25, 0.3) is 0 Å². The molecule has 0 bridgehead atoms. The summed E-state index contributed by atoms with van der Waals surface area (Å²) in [6.07, 6.45) is 5.49. The first-order chi connectivity index (χ1) is 9.20. The van der Waals surface area contributed by atoms with Gasteiger partial charge in [-0.25, -0.2) is 0 Å². The lowest BCUT2D eigenvalue weighted by Gasteiger charge is -2.13. The lowest BCUT2D eigenvalue weighted by Crippen LogP contribution is -2.20.